The lowest BCUT2D eigenvalue weighted by molar-refractivity contribution is 0.0243. The summed E-state index contributed by atoms with van der Waals surface area (Å²) in [6.45, 7) is 8.94. The topological polar surface area (TPSA) is 46.2 Å². The maximum Gasteiger partial charge on any atom is 0.0608 e. The second-order valence-electron chi connectivity index (χ2n) is 4.36. The Morgan fingerprint density at radius 2 is 1.92 bits per heavy atom. The van der Waals surface area contributed by atoms with Crippen molar-refractivity contribution in [2.24, 2.45) is 17.1 Å². The van der Waals surface area contributed by atoms with Crippen molar-refractivity contribution in [3.05, 3.63) is 0 Å². The van der Waals surface area contributed by atoms with Crippen molar-refractivity contribution in [3.63, 3.8) is 0 Å². The number of hydrogen-bond acceptors (Lipinski definition) is 2. The average Bonchev–Trinajstić information content (AvgIpc) is 2.02. The molecule has 0 heterocycles. The van der Waals surface area contributed by atoms with Crippen LogP contribution in [0.3, 0.4) is 0 Å². The normalized spacial score (nSPS) is 19.2. The van der Waals surface area contributed by atoms with Gasteiger partial charge in [-0.25, -0.2) is 0 Å². The molecule has 0 fully saturated rings. The van der Waals surface area contributed by atoms with E-state index in [1.807, 2.05) is 0 Å². The molecule has 74 valence electrons. The lowest BCUT2D eigenvalue weighted by atomic mass is 9.78. The van der Waals surface area contributed by atoms with Gasteiger partial charge in [0.1, 0.15) is 0 Å². The zero-order chi connectivity index (χ0) is 9.78. The second kappa shape index (κ2) is 4.83. The lowest BCUT2D eigenvalue weighted by Crippen LogP contribution is -2.39. The first-order valence-electron chi connectivity index (χ1n) is 4.84. The highest BCUT2D eigenvalue weighted by molar-refractivity contribution is 4.82. The summed E-state index contributed by atoms with van der Waals surface area (Å²) in [7, 11) is 0. The van der Waals surface area contributed by atoms with Crippen molar-refractivity contribution in [2.45, 2.75) is 46.6 Å². The molecule has 0 aromatic carbocycles. The minimum absolute atomic E-state index is 0.0930. The zero-order valence-electron chi connectivity index (χ0n) is 8.80. The van der Waals surface area contributed by atoms with E-state index in [2.05, 4.69) is 27.7 Å². The van der Waals surface area contributed by atoms with Crippen LogP contribution < -0.4 is 5.73 Å². The number of aliphatic hydroxyl groups is 1. The average molecular weight is 173 g/mol. The summed E-state index contributed by atoms with van der Waals surface area (Å²) in [4.78, 5) is 0. The van der Waals surface area contributed by atoms with E-state index in [0.29, 0.717) is 12.5 Å². The highest BCUT2D eigenvalue weighted by atomic mass is 16.3. The van der Waals surface area contributed by atoms with Crippen LogP contribution in [0.25, 0.3) is 0 Å². The quantitative estimate of drug-likeness (QED) is 0.665. The summed E-state index contributed by atoms with van der Waals surface area (Å²) >= 11 is 0. The molecule has 2 heteroatoms. The van der Waals surface area contributed by atoms with E-state index in [9.17, 15) is 5.11 Å². The smallest absolute Gasteiger partial charge is 0.0608 e. The molecule has 0 saturated carbocycles. The molecule has 0 aliphatic carbocycles. The van der Waals surface area contributed by atoms with E-state index >= 15 is 0 Å². The summed E-state index contributed by atoms with van der Waals surface area (Å²) in [6, 6.07) is 0. The van der Waals surface area contributed by atoms with Crippen molar-refractivity contribution in [1.82, 2.24) is 0 Å². The molecule has 0 aromatic heterocycles. The number of hydrogen-bond donors (Lipinski definition) is 2. The minimum Gasteiger partial charge on any atom is -0.393 e. The second-order valence-corrected chi connectivity index (χ2v) is 4.36. The van der Waals surface area contributed by atoms with Gasteiger partial charge in [-0.15, -0.1) is 0 Å². The number of rotatable bonds is 5. The lowest BCUT2D eigenvalue weighted by Gasteiger charge is -2.33. The molecule has 0 bridgehead atoms. The van der Waals surface area contributed by atoms with E-state index in [1.54, 1.807) is 0 Å². The van der Waals surface area contributed by atoms with E-state index in [4.69, 9.17) is 5.73 Å². The van der Waals surface area contributed by atoms with Crippen LogP contribution in [0.4, 0.5) is 0 Å². The van der Waals surface area contributed by atoms with E-state index in [1.165, 1.54) is 0 Å². The first-order valence-corrected chi connectivity index (χ1v) is 4.84. The van der Waals surface area contributed by atoms with Crippen LogP contribution in [0.1, 0.15) is 40.5 Å². The summed E-state index contributed by atoms with van der Waals surface area (Å²) in [6.07, 6.45) is 1.53. The molecule has 0 aromatic rings. The van der Waals surface area contributed by atoms with Crippen LogP contribution in [-0.2, 0) is 0 Å². The molecular weight excluding hydrogens is 150 g/mol. The molecule has 0 aliphatic heterocycles. The maximum atomic E-state index is 9.86. The van der Waals surface area contributed by atoms with Crippen LogP contribution in [-0.4, -0.2) is 17.8 Å². The Balaban J connectivity index is 4.11. The Bertz CT molecular complexity index is 119. The Hall–Kier alpha value is -0.0800. The molecule has 2 unspecified atom stereocenters. The van der Waals surface area contributed by atoms with Gasteiger partial charge in [0.25, 0.3) is 0 Å². The predicted molar refractivity (Wildman–Crippen MR) is 52.9 cm³/mol. The van der Waals surface area contributed by atoms with Gasteiger partial charge in [-0.1, -0.05) is 27.7 Å². The fourth-order valence-electron chi connectivity index (χ4n) is 1.25. The Morgan fingerprint density at radius 3 is 2.17 bits per heavy atom. The molecule has 0 amide bonds. The highest BCUT2D eigenvalue weighted by Crippen LogP contribution is 2.28. The van der Waals surface area contributed by atoms with Gasteiger partial charge in [0.05, 0.1) is 6.10 Å². The van der Waals surface area contributed by atoms with Gasteiger partial charge in [-0.3, -0.25) is 0 Å². The Kier molecular flexibility index (Phi) is 4.80. The summed E-state index contributed by atoms with van der Waals surface area (Å²) in [5, 5.41) is 9.86. The van der Waals surface area contributed by atoms with E-state index in [-0.39, 0.29) is 11.5 Å². The SMILES string of the molecule is CCC(C)(CN)C(O)CC(C)C. The van der Waals surface area contributed by atoms with Crippen LogP contribution in [0.5, 0.6) is 0 Å². The Labute approximate surface area is 76.2 Å². The van der Waals surface area contributed by atoms with Crippen molar-refractivity contribution in [1.29, 1.82) is 0 Å². The Morgan fingerprint density at radius 1 is 1.42 bits per heavy atom. The molecule has 0 aliphatic rings. The van der Waals surface area contributed by atoms with Gasteiger partial charge < -0.3 is 10.8 Å². The molecular formula is C10H23NO. The van der Waals surface area contributed by atoms with Crippen molar-refractivity contribution < 1.29 is 5.11 Å². The molecule has 0 saturated heterocycles. The maximum absolute atomic E-state index is 9.86. The van der Waals surface area contributed by atoms with E-state index in [0.717, 1.165) is 12.8 Å². The largest absolute Gasteiger partial charge is 0.393 e. The van der Waals surface area contributed by atoms with Crippen LogP contribution in [0.2, 0.25) is 0 Å². The summed E-state index contributed by atoms with van der Waals surface area (Å²) in [5.74, 6) is 0.539. The molecule has 2 nitrogen and oxygen atoms in total. The third kappa shape index (κ3) is 3.11. The molecule has 0 radical (unpaired) electrons. The third-order valence-electron chi connectivity index (χ3n) is 2.77. The van der Waals surface area contributed by atoms with Crippen LogP contribution in [0, 0.1) is 11.3 Å². The minimum atomic E-state index is -0.257. The third-order valence-corrected chi connectivity index (χ3v) is 2.77. The fourth-order valence-corrected chi connectivity index (χ4v) is 1.25. The van der Waals surface area contributed by atoms with Crippen LogP contribution in [0.15, 0.2) is 0 Å². The van der Waals surface area contributed by atoms with Gasteiger partial charge in [-0.2, -0.15) is 0 Å². The van der Waals surface area contributed by atoms with Crippen molar-refractivity contribution in [3.8, 4) is 0 Å². The van der Waals surface area contributed by atoms with Gasteiger partial charge in [0.15, 0.2) is 0 Å². The van der Waals surface area contributed by atoms with Gasteiger partial charge in [-0.05, 0) is 18.8 Å². The zero-order valence-corrected chi connectivity index (χ0v) is 8.80. The van der Waals surface area contributed by atoms with Crippen molar-refractivity contribution in [2.75, 3.05) is 6.54 Å². The van der Waals surface area contributed by atoms with Crippen LogP contribution >= 0.6 is 0 Å². The number of nitrogens with two attached hydrogens (primary N) is 1. The van der Waals surface area contributed by atoms with Gasteiger partial charge in [0.2, 0.25) is 0 Å². The molecule has 12 heavy (non-hydrogen) atoms. The summed E-state index contributed by atoms with van der Waals surface area (Å²) < 4.78 is 0. The fraction of sp³-hybridized carbons (Fsp3) is 1.00. The van der Waals surface area contributed by atoms with Gasteiger partial charge in [0, 0.05) is 12.0 Å². The van der Waals surface area contributed by atoms with E-state index < -0.39 is 0 Å². The van der Waals surface area contributed by atoms with Crippen molar-refractivity contribution >= 4 is 0 Å². The standard InChI is InChI=1S/C10H23NO/c1-5-10(4,7-11)9(12)6-8(2)3/h8-9,12H,5-7,11H2,1-4H3. The first-order chi connectivity index (χ1) is 5.46. The monoisotopic (exact) mass is 173 g/mol. The predicted octanol–water partition coefficient (Wildman–Crippen LogP) is 1.77. The van der Waals surface area contributed by atoms with Gasteiger partial charge >= 0.3 is 0 Å². The molecule has 0 spiro atoms. The first kappa shape index (κ1) is 11.9. The molecule has 2 atom stereocenters. The molecule has 3 N–H and O–H groups in total. The highest BCUT2D eigenvalue weighted by Gasteiger charge is 2.29. The summed E-state index contributed by atoms with van der Waals surface area (Å²) in [5.41, 5.74) is 5.54. The molecule has 0 rings (SSSR count). The number of aliphatic hydroxyl groups excluding tert-OH is 1.